The minimum Gasteiger partial charge on any atom is -0.379 e. The monoisotopic (exact) mass is 246 g/mol. The molecular formula is C13H30N2O2. The first kappa shape index (κ1) is 16.8. The average molecular weight is 246 g/mol. The van der Waals surface area contributed by atoms with E-state index in [1.54, 1.807) is 7.11 Å². The highest BCUT2D eigenvalue weighted by Gasteiger charge is 2.21. The van der Waals surface area contributed by atoms with Gasteiger partial charge in [0.25, 0.3) is 0 Å². The Kier molecular flexibility index (Phi) is 7.96. The van der Waals surface area contributed by atoms with E-state index >= 15 is 0 Å². The van der Waals surface area contributed by atoms with E-state index in [2.05, 4.69) is 26.1 Å². The third-order valence-corrected chi connectivity index (χ3v) is 2.97. The lowest BCUT2D eigenvalue weighted by Crippen LogP contribution is -2.41. The molecule has 0 aliphatic carbocycles. The van der Waals surface area contributed by atoms with Gasteiger partial charge in [-0.1, -0.05) is 6.92 Å². The second-order valence-corrected chi connectivity index (χ2v) is 5.33. The Morgan fingerprint density at radius 2 is 1.82 bits per heavy atom. The molecule has 0 rings (SSSR count). The quantitative estimate of drug-likeness (QED) is 0.456. The van der Waals surface area contributed by atoms with Gasteiger partial charge in [-0.3, -0.25) is 0 Å². The molecule has 0 aromatic rings. The molecular weight excluding hydrogens is 216 g/mol. The Morgan fingerprint density at radius 1 is 1.18 bits per heavy atom. The molecule has 0 aliphatic rings. The van der Waals surface area contributed by atoms with Crippen LogP contribution in [0.4, 0.5) is 0 Å². The lowest BCUT2D eigenvalue weighted by Gasteiger charge is -2.28. The number of methoxy groups -OCH3 is 1. The minimum absolute atomic E-state index is 0.139. The van der Waals surface area contributed by atoms with Gasteiger partial charge < -0.3 is 20.5 Å². The Bertz CT molecular complexity index is 194. The maximum absolute atomic E-state index is 6.08. The van der Waals surface area contributed by atoms with Gasteiger partial charge in [0.15, 0.2) is 0 Å². The second-order valence-electron chi connectivity index (χ2n) is 5.33. The van der Waals surface area contributed by atoms with Crippen LogP contribution in [-0.4, -0.2) is 38.1 Å². The molecule has 3 N–H and O–H groups in total. The van der Waals surface area contributed by atoms with E-state index in [0.717, 1.165) is 32.4 Å². The van der Waals surface area contributed by atoms with Crippen molar-refractivity contribution >= 4 is 0 Å². The van der Waals surface area contributed by atoms with Crippen molar-refractivity contribution in [1.29, 1.82) is 0 Å². The van der Waals surface area contributed by atoms with Gasteiger partial charge in [-0.2, -0.15) is 0 Å². The summed E-state index contributed by atoms with van der Waals surface area (Å²) in [5, 5.41) is 3.28. The molecule has 1 atom stereocenters. The van der Waals surface area contributed by atoms with Gasteiger partial charge in [0.2, 0.25) is 0 Å². The first-order chi connectivity index (χ1) is 7.83. The maximum Gasteiger partial charge on any atom is 0.113 e. The summed E-state index contributed by atoms with van der Waals surface area (Å²) in [5.41, 5.74) is 5.41. The molecule has 17 heavy (non-hydrogen) atoms. The van der Waals surface area contributed by atoms with E-state index in [4.69, 9.17) is 15.2 Å². The molecule has 0 saturated heterocycles. The average Bonchev–Trinajstić information content (AvgIpc) is 2.24. The van der Waals surface area contributed by atoms with Gasteiger partial charge in [0.05, 0.1) is 12.2 Å². The first-order valence-electron chi connectivity index (χ1n) is 6.52. The summed E-state index contributed by atoms with van der Waals surface area (Å²) < 4.78 is 11.1. The number of hydrogen-bond donors (Lipinski definition) is 2. The zero-order chi connectivity index (χ0) is 13.4. The van der Waals surface area contributed by atoms with Crippen molar-refractivity contribution in [2.75, 3.05) is 26.8 Å². The number of rotatable bonds is 10. The van der Waals surface area contributed by atoms with Gasteiger partial charge in [-0.25, -0.2) is 0 Å². The predicted octanol–water partition coefficient (Wildman–Crippen LogP) is 1.88. The summed E-state index contributed by atoms with van der Waals surface area (Å²) in [4.78, 5) is 0. The molecule has 0 amide bonds. The largest absolute Gasteiger partial charge is 0.379 e. The minimum atomic E-state index is -0.529. The van der Waals surface area contributed by atoms with Gasteiger partial charge in [0, 0.05) is 7.11 Å². The van der Waals surface area contributed by atoms with Crippen LogP contribution >= 0.6 is 0 Å². The number of nitrogens with two attached hydrogens (primary N) is 1. The van der Waals surface area contributed by atoms with Crippen LogP contribution in [0, 0.1) is 0 Å². The van der Waals surface area contributed by atoms with E-state index in [0.29, 0.717) is 6.61 Å². The van der Waals surface area contributed by atoms with E-state index < -0.39 is 5.72 Å². The molecule has 0 aliphatic heterocycles. The zero-order valence-electron chi connectivity index (χ0n) is 12.1. The molecule has 0 aromatic heterocycles. The molecule has 0 bridgehead atoms. The van der Waals surface area contributed by atoms with Gasteiger partial charge in [-0.05, 0) is 53.1 Å². The zero-order valence-corrected chi connectivity index (χ0v) is 12.1. The fraction of sp³-hybridized carbons (Fsp3) is 1.00. The molecule has 4 heteroatoms. The number of hydrogen-bond acceptors (Lipinski definition) is 4. The molecule has 0 fully saturated rings. The van der Waals surface area contributed by atoms with Crippen molar-refractivity contribution in [3.63, 3.8) is 0 Å². The highest BCUT2D eigenvalue weighted by molar-refractivity contribution is 4.71. The van der Waals surface area contributed by atoms with Gasteiger partial charge in [0.1, 0.15) is 5.72 Å². The van der Waals surface area contributed by atoms with E-state index in [1.807, 2.05) is 6.92 Å². The Balaban J connectivity index is 3.70. The summed E-state index contributed by atoms with van der Waals surface area (Å²) >= 11 is 0. The molecule has 1 unspecified atom stereocenters. The summed E-state index contributed by atoms with van der Waals surface area (Å²) in [5.74, 6) is 0. The Labute approximate surface area is 106 Å². The fourth-order valence-corrected chi connectivity index (χ4v) is 1.45. The fourth-order valence-electron chi connectivity index (χ4n) is 1.45. The smallest absolute Gasteiger partial charge is 0.113 e. The first-order valence-corrected chi connectivity index (χ1v) is 6.52. The highest BCUT2D eigenvalue weighted by Crippen LogP contribution is 2.16. The van der Waals surface area contributed by atoms with Crippen molar-refractivity contribution in [3.05, 3.63) is 0 Å². The lowest BCUT2D eigenvalue weighted by atomic mass is 10.1. The topological polar surface area (TPSA) is 56.5 Å². The van der Waals surface area contributed by atoms with Crippen LogP contribution in [0.3, 0.4) is 0 Å². The number of nitrogens with one attached hydrogen (secondary N) is 1. The van der Waals surface area contributed by atoms with Crippen molar-refractivity contribution in [3.8, 4) is 0 Å². The van der Waals surface area contributed by atoms with Crippen LogP contribution in [0.15, 0.2) is 0 Å². The van der Waals surface area contributed by atoms with Crippen LogP contribution in [0.25, 0.3) is 0 Å². The van der Waals surface area contributed by atoms with Crippen LogP contribution in [-0.2, 0) is 9.47 Å². The molecule has 0 aromatic carbocycles. The summed E-state index contributed by atoms with van der Waals surface area (Å²) in [6.07, 6.45) is 2.76. The highest BCUT2D eigenvalue weighted by atomic mass is 16.5. The van der Waals surface area contributed by atoms with Crippen molar-refractivity contribution in [2.45, 2.75) is 58.3 Å². The predicted molar refractivity (Wildman–Crippen MR) is 72.0 cm³/mol. The van der Waals surface area contributed by atoms with Crippen LogP contribution in [0.5, 0.6) is 0 Å². The SMILES string of the molecule is CCNCCCC(C)(N)OCCC(C)(C)OC. The summed E-state index contributed by atoms with van der Waals surface area (Å²) in [7, 11) is 1.72. The summed E-state index contributed by atoms with van der Waals surface area (Å²) in [6, 6.07) is 0. The molecule has 0 spiro atoms. The summed E-state index contributed by atoms with van der Waals surface area (Å²) in [6.45, 7) is 10.8. The van der Waals surface area contributed by atoms with E-state index in [1.165, 1.54) is 0 Å². The molecule has 104 valence electrons. The number of ether oxygens (including phenoxy) is 2. The normalized spacial score (nSPS) is 15.9. The molecule has 4 nitrogen and oxygen atoms in total. The van der Waals surface area contributed by atoms with Crippen molar-refractivity contribution in [2.24, 2.45) is 5.73 Å². The maximum atomic E-state index is 6.08. The van der Waals surface area contributed by atoms with E-state index in [9.17, 15) is 0 Å². The van der Waals surface area contributed by atoms with Crippen LogP contribution in [0.1, 0.15) is 47.0 Å². The van der Waals surface area contributed by atoms with Crippen LogP contribution < -0.4 is 11.1 Å². The van der Waals surface area contributed by atoms with Crippen molar-refractivity contribution < 1.29 is 9.47 Å². The Morgan fingerprint density at radius 3 is 2.35 bits per heavy atom. The standard InChI is InChI=1S/C13H30N2O2/c1-6-15-10-7-8-13(4,14)17-11-9-12(2,3)16-5/h15H,6-11,14H2,1-5H3. The molecule has 0 heterocycles. The third-order valence-electron chi connectivity index (χ3n) is 2.97. The van der Waals surface area contributed by atoms with Gasteiger partial charge >= 0.3 is 0 Å². The van der Waals surface area contributed by atoms with Crippen molar-refractivity contribution in [1.82, 2.24) is 5.32 Å². The lowest BCUT2D eigenvalue weighted by molar-refractivity contribution is -0.0676. The van der Waals surface area contributed by atoms with E-state index in [-0.39, 0.29) is 5.60 Å². The van der Waals surface area contributed by atoms with Crippen LogP contribution in [0.2, 0.25) is 0 Å². The third kappa shape index (κ3) is 9.53. The molecule has 0 radical (unpaired) electrons. The molecule has 0 saturated carbocycles. The second kappa shape index (κ2) is 8.03. The Hall–Kier alpha value is -0.160. The van der Waals surface area contributed by atoms with Gasteiger partial charge in [-0.15, -0.1) is 0 Å².